The summed E-state index contributed by atoms with van der Waals surface area (Å²) in [5.41, 5.74) is 4.01. The topological polar surface area (TPSA) is 0 Å². The summed E-state index contributed by atoms with van der Waals surface area (Å²) in [7, 11) is 0. The van der Waals surface area contributed by atoms with E-state index in [1.165, 1.54) is 23.8 Å². The monoisotopic (exact) mass is 496 g/mol. The molecule has 0 bridgehead atoms. The Bertz CT molecular complexity index is 655. The number of benzene rings is 3. The SMILES string of the molecule is Ic1ccc(C(c2ccccc2)c2ccc(I)cc2)cc1. The van der Waals surface area contributed by atoms with Crippen LogP contribution in [-0.4, -0.2) is 0 Å². The van der Waals surface area contributed by atoms with Gasteiger partial charge in [0.05, 0.1) is 0 Å². The molecule has 0 N–H and O–H groups in total. The first-order chi connectivity index (χ1) is 10.2. The van der Waals surface area contributed by atoms with Crippen molar-refractivity contribution >= 4 is 45.2 Å². The van der Waals surface area contributed by atoms with Crippen LogP contribution in [0.25, 0.3) is 0 Å². The first-order valence-electron chi connectivity index (χ1n) is 6.80. The van der Waals surface area contributed by atoms with Crippen LogP contribution in [0.4, 0.5) is 0 Å². The van der Waals surface area contributed by atoms with Gasteiger partial charge < -0.3 is 0 Å². The van der Waals surface area contributed by atoms with Crippen LogP contribution in [0.5, 0.6) is 0 Å². The lowest BCUT2D eigenvalue weighted by molar-refractivity contribution is 0.976. The van der Waals surface area contributed by atoms with E-state index in [1.54, 1.807) is 0 Å². The Balaban J connectivity index is 2.11. The minimum absolute atomic E-state index is 0.292. The van der Waals surface area contributed by atoms with Gasteiger partial charge >= 0.3 is 0 Å². The quantitative estimate of drug-likeness (QED) is 0.305. The molecule has 3 aromatic carbocycles. The van der Waals surface area contributed by atoms with Crippen molar-refractivity contribution in [1.82, 2.24) is 0 Å². The molecule has 3 aromatic rings. The zero-order chi connectivity index (χ0) is 14.7. The second kappa shape index (κ2) is 6.92. The summed E-state index contributed by atoms with van der Waals surface area (Å²) >= 11 is 4.71. The Morgan fingerprint density at radius 2 is 0.857 bits per heavy atom. The van der Waals surface area contributed by atoms with Crippen molar-refractivity contribution < 1.29 is 0 Å². The van der Waals surface area contributed by atoms with Gasteiger partial charge in [0.2, 0.25) is 0 Å². The van der Waals surface area contributed by atoms with Crippen LogP contribution in [0.1, 0.15) is 22.6 Å². The standard InChI is InChI=1S/C19H14I2/c20-17-10-6-15(7-11-17)19(14-4-2-1-3-5-14)16-8-12-18(21)13-9-16/h1-13,19H. The average Bonchev–Trinajstić information content (AvgIpc) is 2.52. The Hall–Kier alpha value is -0.880. The highest BCUT2D eigenvalue weighted by molar-refractivity contribution is 14.1. The van der Waals surface area contributed by atoms with E-state index in [1.807, 2.05) is 0 Å². The summed E-state index contributed by atoms with van der Waals surface area (Å²) in [5.74, 6) is 0.292. The zero-order valence-electron chi connectivity index (χ0n) is 11.3. The maximum Gasteiger partial charge on any atom is 0.0340 e. The third-order valence-electron chi connectivity index (χ3n) is 3.54. The fraction of sp³-hybridized carbons (Fsp3) is 0.0526. The first kappa shape index (κ1) is 15.0. The van der Waals surface area contributed by atoms with E-state index in [0.29, 0.717) is 5.92 Å². The molecule has 104 valence electrons. The van der Waals surface area contributed by atoms with E-state index >= 15 is 0 Å². The molecule has 2 heteroatoms. The van der Waals surface area contributed by atoms with Gasteiger partial charge in [-0.15, -0.1) is 0 Å². The zero-order valence-corrected chi connectivity index (χ0v) is 15.7. The van der Waals surface area contributed by atoms with Crippen LogP contribution in [0.15, 0.2) is 78.9 Å². The summed E-state index contributed by atoms with van der Waals surface area (Å²) in [4.78, 5) is 0. The normalized spacial score (nSPS) is 10.8. The third-order valence-corrected chi connectivity index (χ3v) is 4.98. The summed E-state index contributed by atoms with van der Waals surface area (Å²) in [6.07, 6.45) is 0. The largest absolute Gasteiger partial charge is 0.0622 e. The molecule has 0 radical (unpaired) electrons. The minimum atomic E-state index is 0.292. The molecule has 21 heavy (non-hydrogen) atoms. The van der Waals surface area contributed by atoms with Crippen LogP contribution in [0.2, 0.25) is 0 Å². The maximum absolute atomic E-state index is 2.35. The van der Waals surface area contributed by atoms with Crippen molar-refractivity contribution in [3.05, 3.63) is 103 Å². The van der Waals surface area contributed by atoms with Gasteiger partial charge in [-0.25, -0.2) is 0 Å². The summed E-state index contributed by atoms with van der Waals surface area (Å²) < 4.78 is 2.54. The van der Waals surface area contributed by atoms with Crippen LogP contribution in [0.3, 0.4) is 0 Å². The molecule has 0 spiro atoms. The molecule has 0 aliphatic rings. The molecular weight excluding hydrogens is 482 g/mol. The molecule has 0 atom stereocenters. The Morgan fingerprint density at radius 1 is 0.476 bits per heavy atom. The van der Waals surface area contributed by atoms with Crippen LogP contribution in [-0.2, 0) is 0 Å². The molecule has 0 heterocycles. The van der Waals surface area contributed by atoms with E-state index < -0.39 is 0 Å². The van der Waals surface area contributed by atoms with E-state index in [0.717, 1.165) is 0 Å². The van der Waals surface area contributed by atoms with Crippen molar-refractivity contribution in [2.24, 2.45) is 0 Å². The van der Waals surface area contributed by atoms with E-state index in [4.69, 9.17) is 0 Å². The van der Waals surface area contributed by atoms with Crippen molar-refractivity contribution in [1.29, 1.82) is 0 Å². The second-order valence-corrected chi connectivity index (χ2v) is 7.44. The summed E-state index contributed by atoms with van der Waals surface area (Å²) in [5, 5.41) is 0. The molecule has 3 rings (SSSR count). The number of halogens is 2. The molecular formula is C19H14I2. The van der Waals surface area contributed by atoms with Gasteiger partial charge in [-0.05, 0) is 86.1 Å². The third kappa shape index (κ3) is 3.66. The van der Waals surface area contributed by atoms with Crippen LogP contribution in [0, 0.1) is 7.14 Å². The van der Waals surface area contributed by atoms with Gasteiger partial charge in [-0.2, -0.15) is 0 Å². The lowest BCUT2D eigenvalue weighted by atomic mass is 9.85. The Labute approximate surface area is 152 Å². The molecule has 0 nitrogen and oxygen atoms in total. The van der Waals surface area contributed by atoms with E-state index in [-0.39, 0.29) is 0 Å². The fourth-order valence-corrected chi connectivity index (χ4v) is 3.25. The van der Waals surface area contributed by atoms with E-state index in [2.05, 4.69) is 124 Å². The molecule has 0 aromatic heterocycles. The number of hydrogen-bond acceptors (Lipinski definition) is 0. The van der Waals surface area contributed by atoms with Crippen molar-refractivity contribution in [2.45, 2.75) is 5.92 Å². The Kier molecular flexibility index (Phi) is 4.95. The van der Waals surface area contributed by atoms with Gasteiger partial charge in [-0.1, -0.05) is 54.6 Å². The number of hydrogen-bond donors (Lipinski definition) is 0. The highest BCUT2D eigenvalue weighted by Crippen LogP contribution is 2.32. The first-order valence-corrected chi connectivity index (χ1v) is 8.95. The second-order valence-electron chi connectivity index (χ2n) is 4.95. The van der Waals surface area contributed by atoms with Gasteiger partial charge in [0.15, 0.2) is 0 Å². The molecule has 0 amide bonds. The van der Waals surface area contributed by atoms with Gasteiger partial charge in [0.25, 0.3) is 0 Å². The predicted molar refractivity (Wildman–Crippen MR) is 106 cm³/mol. The number of rotatable bonds is 3. The molecule has 0 saturated carbocycles. The molecule has 0 aliphatic carbocycles. The predicted octanol–water partition coefficient (Wildman–Crippen LogP) is 6.08. The van der Waals surface area contributed by atoms with Gasteiger partial charge in [-0.3, -0.25) is 0 Å². The molecule has 0 fully saturated rings. The maximum atomic E-state index is 2.35. The smallest absolute Gasteiger partial charge is 0.0340 e. The van der Waals surface area contributed by atoms with Gasteiger partial charge in [0, 0.05) is 13.1 Å². The van der Waals surface area contributed by atoms with Crippen molar-refractivity contribution in [3.63, 3.8) is 0 Å². The summed E-state index contributed by atoms with van der Waals surface area (Å²) in [6, 6.07) is 28.4. The van der Waals surface area contributed by atoms with Gasteiger partial charge in [0.1, 0.15) is 0 Å². The average molecular weight is 496 g/mol. The van der Waals surface area contributed by atoms with E-state index in [9.17, 15) is 0 Å². The lowest BCUT2D eigenvalue weighted by Gasteiger charge is -2.19. The Morgan fingerprint density at radius 3 is 1.29 bits per heavy atom. The summed E-state index contributed by atoms with van der Waals surface area (Å²) in [6.45, 7) is 0. The van der Waals surface area contributed by atoms with Crippen LogP contribution < -0.4 is 0 Å². The fourth-order valence-electron chi connectivity index (χ4n) is 2.53. The molecule has 0 aliphatic heterocycles. The lowest BCUT2D eigenvalue weighted by Crippen LogP contribution is -2.03. The van der Waals surface area contributed by atoms with Crippen molar-refractivity contribution in [3.8, 4) is 0 Å². The molecule has 0 saturated heterocycles. The van der Waals surface area contributed by atoms with Crippen molar-refractivity contribution in [2.75, 3.05) is 0 Å². The molecule has 0 unspecified atom stereocenters. The van der Waals surface area contributed by atoms with Crippen LogP contribution >= 0.6 is 45.2 Å². The highest BCUT2D eigenvalue weighted by atomic mass is 127. The minimum Gasteiger partial charge on any atom is -0.0622 e. The highest BCUT2D eigenvalue weighted by Gasteiger charge is 2.16.